The molecule has 7 nitrogen and oxygen atoms in total. The summed E-state index contributed by atoms with van der Waals surface area (Å²) in [7, 11) is 0. The smallest absolute Gasteiger partial charge is 0.275 e. The molecule has 0 saturated carbocycles. The molecule has 1 aromatic carbocycles. The van der Waals surface area contributed by atoms with Crippen LogP contribution in [0.1, 0.15) is 58.5 Å². The number of nitrogens with zero attached hydrogens (tertiary/aromatic N) is 3. The molecule has 174 valence electrons. The van der Waals surface area contributed by atoms with Gasteiger partial charge in [0, 0.05) is 37.8 Å². The Labute approximate surface area is 189 Å². The van der Waals surface area contributed by atoms with E-state index < -0.39 is 34.5 Å². The van der Waals surface area contributed by atoms with E-state index in [9.17, 15) is 28.3 Å². The van der Waals surface area contributed by atoms with E-state index in [0.717, 1.165) is 37.9 Å². The molecule has 1 N–H and O–H groups in total. The molecule has 0 aliphatic carbocycles. The van der Waals surface area contributed by atoms with Crippen molar-refractivity contribution in [2.45, 2.75) is 57.3 Å². The maximum atomic E-state index is 13.9. The maximum absolute atomic E-state index is 13.9. The fourth-order valence-electron chi connectivity index (χ4n) is 5.42. The number of rotatable bonds is 4. The van der Waals surface area contributed by atoms with E-state index in [2.05, 4.69) is 4.90 Å². The highest BCUT2D eigenvalue weighted by Gasteiger charge is 2.44. The molecule has 0 radical (unpaired) electrons. The predicted molar refractivity (Wildman–Crippen MR) is 115 cm³/mol. The standard InChI is InChI=1S/C24H25F2N3O4/c25-15-6-4-14(18(26)11-15)5-7-19(30)17-12-27-13-20-28-9-2-1-3-16(28)8-10-29(20)24(33)21(27)23(32)22(17)31/h4,6,11-12,16,20,32H,1-3,5,7-10,13H2/t16-,20-/m1/s1. The normalized spacial score (nSPS) is 22.5. The van der Waals surface area contributed by atoms with Crippen molar-refractivity contribution >= 4 is 11.7 Å². The Hall–Kier alpha value is -3.07. The highest BCUT2D eigenvalue weighted by atomic mass is 19.1. The van der Waals surface area contributed by atoms with Gasteiger partial charge in [-0.2, -0.15) is 0 Å². The molecule has 5 rings (SSSR count). The minimum Gasteiger partial charge on any atom is -0.503 e. The van der Waals surface area contributed by atoms with Crippen LogP contribution in [-0.2, 0) is 13.0 Å². The Morgan fingerprint density at radius 3 is 2.73 bits per heavy atom. The van der Waals surface area contributed by atoms with Gasteiger partial charge in [-0.25, -0.2) is 8.78 Å². The van der Waals surface area contributed by atoms with Crippen LogP contribution in [0.15, 0.2) is 29.2 Å². The van der Waals surface area contributed by atoms with Crippen LogP contribution in [0.4, 0.5) is 8.78 Å². The van der Waals surface area contributed by atoms with Crippen molar-refractivity contribution in [2.75, 3.05) is 13.1 Å². The zero-order valence-corrected chi connectivity index (χ0v) is 18.1. The number of amides is 1. The molecule has 0 spiro atoms. The van der Waals surface area contributed by atoms with Crippen molar-refractivity contribution in [3.63, 3.8) is 0 Å². The lowest BCUT2D eigenvalue weighted by molar-refractivity contribution is -0.0513. The second-order valence-electron chi connectivity index (χ2n) is 9.04. The Bertz CT molecular complexity index is 1190. The first kappa shape index (κ1) is 21.8. The van der Waals surface area contributed by atoms with Crippen molar-refractivity contribution in [1.82, 2.24) is 14.4 Å². The molecular formula is C24H25F2N3O4. The zero-order chi connectivity index (χ0) is 23.3. The first-order chi connectivity index (χ1) is 15.8. The molecule has 2 aromatic rings. The lowest BCUT2D eigenvalue weighted by Crippen LogP contribution is -2.64. The zero-order valence-electron chi connectivity index (χ0n) is 18.1. The number of carbonyl (C=O) groups excluding carboxylic acids is 2. The third-order valence-electron chi connectivity index (χ3n) is 7.14. The van der Waals surface area contributed by atoms with E-state index in [-0.39, 0.29) is 35.8 Å². The predicted octanol–water partition coefficient (Wildman–Crippen LogP) is 2.69. The summed E-state index contributed by atoms with van der Waals surface area (Å²) in [5, 5.41) is 10.6. The number of hydrogen-bond acceptors (Lipinski definition) is 5. The summed E-state index contributed by atoms with van der Waals surface area (Å²) in [4.78, 5) is 42.8. The molecule has 9 heteroatoms. The summed E-state index contributed by atoms with van der Waals surface area (Å²) in [6.45, 7) is 1.82. The van der Waals surface area contributed by atoms with E-state index in [4.69, 9.17) is 0 Å². The Morgan fingerprint density at radius 2 is 1.94 bits per heavy atom. The van der Waals surface area contributed by atoms with Crippen molar-refractivity contribution in [1.29, 1.82) is 0 Å². The highest BCUT2D eigenvalue weighted by Crippen LogP contribution is 2.34. The van der Waals surface area contributed by atoms with Crippen molar-refractivity contribution in [3.8, 4) is 5.75 Å². The molecule has 0 unspecified atom stereocenters. The van der Waals surface area contributed by atoms with Gasteiger partial charge in [-0.15, -0.1) is 0 Å². The lowest BCUT2D eigenvalue weighted by Gasteiger charge is -2.52. The average Bonchev–Trinajstić information content (AvgIpc) is 2.80. The van der Waals surface area contributed by atoms with E-state index in [1.165, 1.54) is 23.3 Å². The molecule has 3 aliphatic rings. The van der Waals surface area contributed by atoms with Crippen molar-refractivity contribution in [3.05, 3.63) is 63.1 Å². The SMILES string of the molecule is O=C(CCc1ccc(F)cc1F)c1cn2c(c(O)c1=O)C(=O)N1CC[C@H]3CCCCN3[C@H]1C2. The third kappa shape index (κ3) is 3.74. The van der Waals surface area contributed by atoms with Crippen LogP contribution in [0.5, 0.6) is 5.75 Å². The number of halogens is 2. The number of hydrogen-bond donors (Lipinski definition) is 1. The third-order valence-corrected chi connectivity index (χ3v) is 7.14. The van der Waals surface area contributed by atoms with Crippen LogP contribution >= 0.6 is 0 Å². The number of piperidine rings is 1. The van der Waals surface area contributed by atoms with Crippen LogP contribution < -0.4 is 5.43 Å². The lowest BCUT2D eigenvalue weighted by atomic mass is 9.94. The monoisotopic (exact) mass is 457 g/mol. The second kappa shape index (κ2) is 8.37. The Kier molecular flexibility index (Phi) is 5.52. The largest absolute Gasteiger partial charge is 0.503 e. The summed E-state index contributed by atoms with van der Waals surface area (Å²) in [5.74, 6) is -3.16. The fourth-order valence-corrected chi connectivity index (χ4v) is 5.42. The van der Waals surface area contributed by atoms with Gasteiger partial charge in [0.1, 0.15) is 17.8 Å². The van der Waals surface area contributed by atoms with Gasteiger partial charge >= 0.3 is 0 Å². The van der Waals surface area contributed by atoms with Crippen molar-refractivity contribution in [2.24, 2.45) is 0 Å². The van der Waals surface area contributed by atoms with Crippen LogP contribution in [0.2, 0.25) is 0 Å². The molecule has 3 aliphatic heterocycles. The summed E-state index contributed by atoms with van der Waals surface area (Å²) in [6.07, 6.45) is 5.14. The molecule has 1 aromatic heterocycles. The van der Waals surface area contributed by atoms with Gasteiger partial charge in [-0.05, 0) is 37.3 Å². The Morgan fingerprint density at radius 1 is 1.12 bits per heavy atom. The number of pyridine rings is 1. The summed E-state index contributed by atoms with van der Waals surface area (Å²) in [5.41, 5.74) is -1.06. The van der Waals surface area contributed by atoms with Crippen LogP contribution in [-0.4, -0.2) is 56.5 Å². The van der Waals surface area contributed by atoms with E-state index >= 15 is 0 Å². The first-order valence-corrected chi connectivity index (χ1v) is 11.4. The minimum atomic E-state index is -0.898. The topological polar surface area (TPSA) is 82.8 Å². The van der Waals surface area contributed by atoms with Gasteiger partial charge in [0.05, 0.1) is 12.1 Å². The van der Waals surface area contributed by atoms with Crippen molar-refractivity contribution < 1.29 is 23.5 Å². The summed E-state index contributed by atoms with van der Waals surface area (Å²) in [6, 6.07) is 3.53. The van der Waals surface area contributed by atoms with Gasteiger partial charge in [0.2, 0.25) is 5.43 Å². The molecule has 4 heterocycles. The molecule has 2 atom stereocenters. The van der Waals surface area contributed by atoms with Crippen LogP contribution in [0.25, 0.3) is 0 Å². The minimum absolute atomic E-state index is 0.0162. The van der Waals surface area contributed by atoms with E-state index in [0.29, 0.717) is 19.1 Å². The van der Waals surface area contributed by atoms with Gasteiger partial charge in [-0.1, -0.05) is 12.5 Å². The number of aromatic nitrogens is 1. The number of benzene rings is 1. The number of ketones is 1. The second-order valence-corrected chi connectivity index (χ2v) is 9.04. The Balaban J connectivity index is 1.43. The molecule has 33 heavy (non-hydrogen) atoms. The molecule has 0 bridgehead atoms. The number of aryl methyl sites for hydroxylation is 1. The average molecular weight is 457 g/mol. The van der Waals surface area contributed by atoms with Gasteiger partial charge in [-0.3, -0.25) is 19.3 Å². The van der Waals surface area contributed by atoms with Crippen LogP contribution in [0, 0.1) is 11.6 Å². The van der Waals surface area contributed by atoms with E-state index in [1.807, 2.05) is 0 Å². The number of Topliss-reactive ketones (excluding diaryl/α,β-unsaturated/α-hetero) is 1. The van der Waals surface area contributed by atoms with Gasteiger partial charge < -0.3 is 14.6 Å². The summed E-state index contributed by atoms with van der Waals surface area (Å²) >= 11 is 0. The van der Waals surface area contributed by atoms with Gasteiger partial charge in [0.25, 0.3) is 5.91 Å². The van der Waals surface area contributed by atoms with Gasteiger partial charge in [0.15, 0.2) is 17.2 Å². The first-order valence-electron chi connectivity index (χ1n) is 11.4. The summed E-state index contributed by atoms with van der Waals surface area (Å²) < 4.78 is 28.5. The highest BCUT2D eigenvalue weighted by molar-refractivity contribution is 6.00. The van der Waals surface area contributed by atoms with Crippen LogP contribution in [0.3, 0.4) is 0 Å². The fraction of sp³-hybridized carbons (Fsp3) is 0.458. The number of aromatic hydroxyl groups is 1. The quantitative estimate of drug-likeness (QED) is 0.714. The number of fused-ring (bicyclic) bond motifs is 4. The maximum Gasteiger partial charge on any atom is 0.275 e. The molecule has 1 amide bonds. The number of carbonyl (C=O) groups is 2. The van der Waals surface area contributed by atoms with E-state index in [1.54, 1.807) is 4.90 Å². The molecular weight excluding hydrogens is 432 g/mol. The molecule has 2 saturated heterocycles. The molecule has 2 fully saturated rings.